The second kappa shape index (κ2) is 4.45. The maximum Gasteiger partial charge on any atom is 0.239 e. The van der Waals surface area contributed by atoms with Crippen molar-refractivity contribution in [3.8, 4) is 0 Å². The smallest absolute Gasteiger partial charge is 0.239 e. The fourth-order valence-electron chi connectivity index (χ4n) is 1.61. The molecule has 0 radical (unpaired) electrons. The van der Waals surface area contributed by atoms with E-state index in [0.29, 0.717) is 0 Å². The molecule has 1 saturated heterocycles. The normalized spacial score (nSPS) is 22.7. The molecule has 0 saturated carbocycles. The van der Waals surface area contributed by atoms with Gasteiger partial charge in [-0.2, -0.15) is 0 Å². The first kappa shape index (κ1) is 9.52. The predicted molar refractivity (Wildman–Crippen MR) is 49.0 cm³/mol. The second-order valence-corrected chi connectivity index (χ2v) is 3.41. The largest absolute Gasteiger partial charge is 0.344 e. The van der Waals surface area contributed by atoms with Gasteiger partial charge in [-0.05, 0) is 25.8 Å². The lowest BCUT2D eigenvalue weighted by Crippen LogP contribution is -2.41. The lowest BCUT2D eigenvalue weighted by Gasteiger charge is -2.20. The van der Waals surface area contributed by atoms with Crippen LogP contribution in [0.3, 0.4) is 0 Å². The van der Waals surface area contributed by atoms with Crippen LogP contribution in [0, 0.1) is 0 Å². The Bertz CT molecular complexity index is 153. The van der Waals surface area contributed by atoms with Crippen LogP contribution in [-0.4, -0.2) is 37.0 Å². The van der Waals surface area contributed by atoms with Crippen molar-refractivity contribution in [3.05, 3.63) is 0 Å². The molecule has 1 aliphatic heterocycles. The topological polar surface area (TPSA) is 32.3 Å². The number of carbonyl (C=O) groups is 1. The van der Waals surface area contributed by atoms with Crippen LogP contribution in [0.5, 0.6) is 0 Å². The van der Waals surface area contributed by atoms with E-state index in [9.17, 15) is 4.79 Å². The van der Waals surface area contributed by atoms with Crippen molar-refractivity contribution in [2.45, 2.75) is 32.2 Å². The Hall–Kier alpha value is -0.570. The van der Waals surface area contributed by atoms with Gasteiger partial charge in [-0.25, -0.2) is 0 Å². The van der Waals surface area contributed by atoms with E-state index < -0.39 is 0 Å². The summed E-state index contributed by atoms with van der Waals surface area (Å²) in [5.41, 5.74) is 0. The van der Waals surface area contributed by atoms with Crippen LogP contribution in [-0.2, 0) is 4.79 Å². The van der Waals surface area contributed by atoms with Crippen molar-refractivity contribution >= 4 is 5.91 Å². The third kappa shape index (κ3) is 2.21. The van der Waals surface area contributed by atoms with E-state index in [4.69, 9.17) is 0 Å². The highest BCUT2D eigenvalue weighted by atomic mass is 16.2. The SMILES string of the molecule is CCCN(C)C(=O)C1CCCN1. The number of amides is 1. The number of nitrogens with one attached hydrogen (secondary N) is 1. The third-order valence-electron chi connectivity index (χ3n) is 2.29. The molecule has 1 amide bonds. The average Bonchev–Trinajstić information content (AvgIpc) is 2.55. The first-order valence-corrected chi connectivity index (χ1v) is 4.74. The van der Waals surface area contributed by atoms with Gasteiger partial charge >= 0.3 is 0 Å². The van der Waals surface area contributed by atoms with E-state index in [1.54, 1.807) is 0 Å². The molecule has 0 aromatic carbocycles. The van der Waals surface area contributed by atoms with Gasteiger partial charge in [0.2, 0.25) is 5.91 Å². The molecule has 12 heavy (non-hydrogen) atoms. The van der Waals surface area contributed by atoms with E-state index in [2.05, 4.69) is 12.2 Å². The Kier molecular flexibility index (Phi) is 3.53. The van der Waals surface area contributed by atoms with Gasteiger partial charge in [0.05, 0.1) is 6.04 Å². The zero-order valence-corrected chi connectivity index (χ0v) is 7.97. The number of likely N-dealkylation sites (N-methyl/N-ethyl adjacent to an activating group) is 1. The second-order valence-electron chi connectivity index (χ2n) is 3.41. The molecule has 1 rings (SSSR count). The summed E-state index contributed by atoms with van der Waals surface area (Å²) in [4.78, 5) is 13.4. The lowest BCUT2D eigenvalue weighted by molar-refractivity contribution is -0.131. The molecule has 0 aromatic heterocycles. The Labute approximate surface area is 74.1 Å². The van der Waals surface area contributed by atoms with Crippen LogP contribution in [0.4, 0.5) is 0 Å². The first-order valence-electron chi connectivity index (χ1n) is 4.74. The average molecular weight is 170 g/mol. The Balaban J connectivity index is 2.34. The van der Waals surface area contributed by atoms with Gasteiger partial charge < -0.3 is 10.2 Å². The minimum atomic E-state index is 0.0987. The van der Waals surface area contributed by atoms with Crippen molar-refractivity contribution in [2.24, 2.45) is 0 Å². The molecule has 1 heterocycles. The molecule has 3 nitrogen and oxygen atoms in total. The van der Waals surface area contributed by atoms with Crippen LogP contribution in [0.1, 0.15) is 26.2 Å². The molecule has 1 aliphatic rings. The zero-order chi connectivity index (χ0) is 8.97. The predicted octanol–water partition coefficient (Wildman–Crippen LogP) is 0.607. The molecule has 1 N–H and O–H groups in total. The van der Waals surface area contributed by atoms with E-state index in [-0.39, 0.29) is 11.9 Å². The minimum Gasteiger partial charge on any atom is -0.344 e. The molecule has 1 unspecified atom stereocenters. The molecule has 1 fully saturated rings. The van der Waals surface area contributed by atoms with Gasteiger partial charge in [0, 0.05) is 13.6 Å². The van der Waals surface area contributed by atoms with Crippen LogP contribution >= 0.6 is 0 Å². The summed E-state index contributed by atoms with van der Waals surface area (Å²) in [5.74, 6) is 0.259. The molecular formula is C9H18N2O. The van der Waals surface area contributed by atoms with Crippen LogP contribution in [0.15, 0.2) is 0 Å². The number of carbonyl (C=O) groups excluding carboxylic acids is 1. The van der Waals surface area contributed by atoms with E-state index in [0.717, 1.165) is 32.4 Å². The Morgan fingerprint density at radius 2 is 2.42 bits per heavy atom. The van der Waals surface area contributed by atoms with Crippen molar-refractivity contribution < 1.29 is 4.79 Å². The van der Waals surface area contributed by atoms with Crippen molar-refractivity contribution in [1.82, 2.24) is 10.2 Å². The third-order valence-corrected chi connectivity index (χ3v) is 2.29. The van der Waals surface area contributed by atoms with Crippen LogP contribution in [0.2, 0.25) is 0 Å². The molecular weight excluding hydrogens is 152 g/mol. The lowest BCUT2D eigenvalue weighted by atomic mass is 10.2. The molecule has 0 spiro atoms. The monoisotopic (exact) mass is 170 g/mol. The maximum absolute atomic E-state index is 11.6. The summed E-state index contributed by atoms with van der Waals surface area (Å²) in [6.07, 6.45) is 3.18. The van der Waals surface area contributed by atoms with Crippen molar-refractivity contribution in [3.63, 3.8) is 0 Å². The molecule has 3 heteroatoms. The van der Waals surface area contributed by atoms with Crippen molar-refractivity contribution in [2.75, 3.05) is 20.1 Å². The number of hydrogen-bond donors (Lipinski definition) is 1. The van der Waals surface area contributed by atoms with E-state index in [1.807, 2.05) is 11.9 Å². The van der Waals surface area contributed by atoms with Crippen LogP contribution < -0.4 is 5.32 Å². The fraction of sp³-hybridized carbons (Fsp3) is 0.889. The van der Waals surface area contributed by atoms with Gasteiger partial charge in [0.1, 0.15) is 0 Å². The summed E-state index contributed by atoms with van der Waals surface area (Å²) >= 11 is 0. The molecule has 0 aliphatic carbocycles. The molecule has 0 bridgehead atoms. The van der Waals surface area contributed by atoms with Gasteiger partial charge in [0.15, 0.2) is 0 Å². The molecule has 0 aromatic rings. The Morgan fingerprint density at radius 3 is 2.92 bits per heavy atom. The molecule has 1 atom stereocenters. The van der Waals surface area contributed by atoms with Crippen LogP contribution in [0.25, 0.3) is 0 Å². The Morgan fingerprint density at radius 1 is 1.67 bits per heavy atom. The highest BCUT2D eigenvalue weighted by Gasteiger charge is 2.24. The van der Waals surface area contributed by atoms with E-state index >= 15 is 0 Å². The van der Waals surface area contributed by atoms with Gasteiger partial charge in [-0.3, -0.25) is 4.79 Å². The highest BCUT2D eigenvalue weighted by Crippen LogP contribution is 2.07. The fourth-order valence-corrected chi connectivity index (χ4v) is 1.61. The summed E-state index contributed by atoms with van der Waals surface area (Å²) in [6.45, 7) is 3.96. The van der Waals surface area contributed by atoms with Crippen molar-refractivity contribution in [1.29, 1.82) is 0 Å². The highest BCUT2D eigenvalue weighted by molar-refractivity contribution is 5.81. The number of rotatable bonds is 3. The van der Waals surface area contributed by atoms with E-state index in [1.165, 1.54) is 0 Å². The maximum atomic E-state index is 11.6. The van der Waals surface area contributed by atoms with Gasteiger partial charge in [0.25, 0.3) is 0 Å². The summed E-state index contributed by atoms with van der Waals surface area (Å²) < 4.78 is 0. The van der Waals surface area contributed by atoms with Gasteiger partial charge in [-0.15, -0.1) is 0 Å². The quantitative estimate of drug-likeness (QED) is 0.673. The molecule has 70 valence electrons. The summed E-state index contributed by atoms with van der Waals surface area (Å²) in [7, 11) is 1.88. The number of nitrogens with zero attached hydrogens (tertiary/aromatic N) is 1. The minimum absolute atomic E-state index is 0.0987. The zero-order valence-electron chi connectivity index (χ0n) is 7.97. The number of hydrogen-bond acceptors (Lipinski definition) is 2. The first-order chi connectivity index (χ1) is 5.75. The summed E-state index contributed by atoms with van der Waals surface area (Å²) in [6, 6.07) is 0.0987. The standard InChI is InChI=1S/C9H18N2O/c1-3-7-11(2)9(12)8-5-4-6-10-8/h8,10H,3-7H2,1-2H3. The summed E-state index contributed by atoms with van der Waals surface area (Å²) in [5, 5.41) is 3.20. The van der Waals surface area contributed by atoms with Gasteiger partial charge in [-0.1, -0.05) is 6.92 Å².